The first-order valence-electron chi connectivity index (χ1n) is 4.62. The molecular formula is C10H11ClFNO3. The minimum atomic E-state index is -0.462. The van der Waals surface area contributed by atoms with Gasteiger partial charge in [-0.25, -0.2) is 9.87 Å². The molecule has 0 heterocycles. The van der Waals surface area contributed by atoms with Crippen molar-refractivity contribution >= 4 is 17.5 Å². The van der Waals surface area contributed by atoms with Gasteiger partial charge in [-0.2, -0.15) is 0 Å². The maximum atomic E-state index is 12.7. The molecule has 0 saturated heterocycles. The van der Waals surface area contributed by atoms with Crippen LogP contribution in [0.25, 0.3) is 0 Å². The largest absolute Gasteiger partial charge is 0.482 e. The van der Waals surface area contributed by atoms with E-state index in [1.807, 2.05) is 0 Å². The van der Waals surface area contributed by atoms with Crippen molar-refractivity contribution in [3.8, 4) is 5.75 Å². The first-order chi connectivity index (χ1) is 7.63. The Hall–Kier alpha value is -1.33. The molecule has 16 heavy (non-hydrogen) atoms. The van der Waals surface area contributed by atoms with Crippen LogP contribution in [0.1, 0.15) is 6.92 Å². The fourth-order valence-electron chi connectivity index (χ4n) is 0.918. The lowest BCUT2D eigenvalue weighted by molar-refractivity contribution is -0.135. The number of benzene rings is 1. The predicted molar refractivity (Wildman–Crippen MR) is 56.7 cm³/mol. The number of carbonyl (C=O) groups is 1. The van der Waals surface area contributed by atoms with Crippen molar-refractivity contribution in [2.24, 2.45) is 0 Å². The summed E-state index contributed by atoms with van der Waals surface area (Å²) in [6.45, 7) is 1.85. The zero-order valence-corrected chi connectivity index (χ0v) is 9.38. The molecule has 1 rings (SSSR count). The smallest absolute Gasteiger partial charge is 0.281 e. The molecule has 1 aromatic carbocycles. The molecule has 0 fully saturated rings. The third kappa shape index (κ3) is 4.04. The summed E-state index contributed by atoms with van der Waals surface area (Å²) in [4.78, 5) is 15.7. The van der Waals surface area contributed by atoms with E-state index in [1.165, 1.54) is 12.1 Å². The second kappa shape index (κ2) is 6.30. The zero-order chi connectivity index (χ0) is 12.0. The lowest BCUT2D eigenvalue weighted by atomic mass is 10.3. The summed E-state index contributed by atoms with van der Waals surface area (Å²) in [6, 6.07) is 3.66. The molecule has 0 bridgehead atoms. The Morgan fingerprint density at radius 3 is 2.94 bits per heavy atom. The van der Waals surface area contributed by atoms with Crippen LogP contribution in [-0.4, -0.2) is 19.1 Å². The molecule has 0 unspecified atom stereocenters. The fourth-order valence-corrected chi connectivity index (χ4v) is 1.14. The Kier molecular flexibility index (Phi) is 5.01. The summed E-state index contributed by atoms with van der Waals surface area (Å²) in [5.41, 5.74) is 2.15. The Morgan fingerprint density at radius 1 is 1.56 bits per heavy atom. The van der Waals surface area contributed by atoms with Crippen LogP contribution in [0.4, 0.5) is 4.39 Å². The van der Waals surface area contributed by atoms with Gasteiger partial charge in [-0.1, -0.05) is 11.6 Å². The van der Waals surface area contributed by atoms with Crippen LogP contribution in [-0.2, 0) is 9.63 Å². The maximum Gasteiger partial charge on any atom is 0.281 e. The third-order valence-electron chi connectivity index (χ3n) is 1.58. The van der Waals surface area contributed by atoms with Crippen LogP contribution in [0, 0.1) is 5.82 Å². The molecule has 0 aliphatic rings. The molecule has 4 nitrogen and oxygen atoms in total. The number of hydrogen-bond acceptors (Lipinski definition) is 3. The van der Waals surface area contributed by atoms with Gasteiger partial charge in [0, 0.05) is 0 Å². The first-order valence-corrected chi connectivity index (χ1v) is 4.99. The Balaban J connectivity index is 2.45. The van der Waals surface area contributed by atoms with Crippen LogP contribution >= 0.6 is 11.6 Å². The van der Waals surface area contributed by atoms with Crippen molar-refractivity contribution in [1.29, 1.82) is 0 Å². The summed E-state index contributed by atoms with van der Waals surface area (Å²) in [5.74, 6) is -0.659. The lowest BCUT2D eigenvalue weighted by Crippen LogP contribution is -2.29. The Bertz CT molecular complexity index is 373. The van der Waals surface area contributed by atoms with Gasteiger partial charge in [0.15, 0.2) is 6.61 Å². The molecule has 88 valence electrons. The highest BCUT2D eigenvalue weighted by atomic mass is 35.5. The molecule has 0 saturated carbocycles. The van der Waals surface area contributed by atoms with E-state index in [4.69, 9.17) is 16.3 Å². The second-order valence-corrected chi connectivity index (χ2v) is 3.23. The topological polar surface area (TPSA) is 47.6 Å². The molecule has 0 atom stereocenters. The molecular weight excluding hydrogens is 237 g/mol. The van der Waals surface area contributed by atoms with Crippen molar-refractivity contribution < 1.29 is 18.8 Å². The van der Waals surface area contributed by atoms with Gasteiger partial charge in [0.05, 0.1) is 11.6 Å². The lowest BCUT2D eigenvalue weighted by Gasteiger charge is -2.07. The summed E-state index contributed by atoms with van der Waals surface area (Å²) < 4.78 is 17.7. The number of halogens is 2. The van der Waals surface area contributed by atoms with Crippen molar-refractivity contribution in [2.45, 2.75) is 6.92 Å². The van der Waals surface area contributed by atoms with Gasteiger partial charge in [-0.3, -0.25) is 9.63 Å². The van der Waals surface area contributed by atoms with E-state index >= 15 is 0 Å². The van der Waals surface area contributed by atoms with Crippen LogP contribution in [0.5, 0.6) is 5.75 Å². The van der Waals surface area contributed by atoms with Crippen molar-refractivity contribution in [3.63, 3.8) is 0 Å². The van der Waals surface area contributed by atoms with Crippen molar-refractivity contribution in [3.05, 3.63) is 29.0 Å². The fraction of sp³-hybridized carbons (Fsp3) is 0.300. The van der Waals surface area contributed by atoms with Crippen LogP contribution < -0.4 is 10.2 Å². The number of nitrogens with one attached hydrogen (secondary N) is 1. The average molecular weight is 248 g/mol. The van der Waals surface area contributed by atoms with Gasteiger partial charge in [0.2, 0.25) is 0 Å². The molecule has 0 aliphatic heterocycles. The molecule has 0 spiro atoms. The van der Waals surface area contributed by atoms with Gasteiger partial charge >= 0.3 is 0 Å². The number of amides is 1. The summed E-state index contributed by atoms with van der Waals surface area (Å²) in [6.07, 6.45) is 0. The quantitative estimate of drug-likeness (QED) is 0.809. The molecule has 0 radical (unpaired) electrons. The highest BCUT2D eigenvalue weighted by Gasteiger charge is 2.06. The van der Waals surface area contributed by atoms with Crippen molar-refractivity contribution in [2.75, 3.05) is 13.2 Å². The normalized spacial score (nSPS) is 9.94. The molecule has 0 aromatic heterocycles. The van der Waals surface area contributed by atoms with E-state index in [-0.39, 0.29) is 17.4 Å². The van der Waals surface area contributed by atoms with Crippen LogP contribution in [0.3, 0.4) is 0 Å². The summed E-state index contributed by atoms with van der Waals surface area (Å²) in [7, 11) is 0. The number of hydroxylamine groups is 1. The number of carbonyl (C=O) groups excluding carboxylic acids is 1. The summed E-state index contributed by atoms with van der Waals surface area (Å²) in [5, 5.41) is 0.115. The maximum absolute atomic E-state index is 12.7. The van der Waals surface area contributed by atoms with Crippen LogP contribution in [0.15, 0.2) is 18.2 Å². The van der Waals surface area contributed by atoms with E-state index in [9.17, 15) is 9.18 Å². The minimum Gasteiger partial charge on any atom is -0.482 e. The summed E-state index contributed by atoms with van der Waals surface area (Å²) >= 11 is 5.69. The van der Waals surface area contributed by atoms with E-state index in [0.29, 0.717) is 6.61 Å². The third-order valence-corrected chi connectivity index (χ3v) is 1.88. The van der Waals surface area contributed by atoms with Crippen LogP contribution in [0.2, 0.25) is 5.02 Å². The Labute approximate surface area is 97.3 Å². The van der Waals surface area contributed by atoms with Gasteiger partial charge in [-0.15, -0.1) is 0 Å². The van der Waals surface area contributed by atoms with Gasteiger partial charge in [-0.05, 0) is 25.1 Å². The SMILES string of the molecule is CCONC(=O)COc1ccc(F)cc1Cl. The molecule has 0 aliphatic carbocycles. The van der Waals surface area contributed by atoms with Gasteiger partial charge in [0.25, 0.3) is 5.91 Å². The molecule has 6 heteroatoms. The van der Waals surface area contributed by atoms with Gasteiger partial charge in [0.1, 0.15) is 11.6 Å². The molecule has 1 amide bonds. The van der Waals surface area contributed by atoms with E-state index < -0.39 is 11.7 Å². The Morgan fingerprint density at radius 2 is 2.31 bits per heavy atom. The highest BCUT2D eigenvalue weighted by Crippen LogP contribution is 2.24. The van der Waals surface area contributed by atoms with E-state index in [0.717, 1.165) is 6.07 Å². The first kappa shape index (κ1) is 12.7. The standard InChI is InChI=1S/C10H11ClFNO3/c1-2-16-13-10(14)6-15-9-4-3-7(12)5-8(9)11/h3-5H,2,6H2,1H3,(H,13,14). The zero-order valence-electron chi connectivity index (χ0n) is 8.63. The van der Waals surface area contributed by atoms with E-state index in [2.05, 4.69) is 10.3 Å². The monoisotopic (exact) mass is 247 g/mol. The van der Waals surface area contributed by atoms with E-state index in [1.54, 1.807) is 6.92 Å². The second-order valence-electron chi connectivity index (χ2n) is 2.82. The number of ether oxygens (including phenoxy) is 1. The minimum absolute atomic E-state index is 0.115. The average Bonchev–Trinajstić information content (AvgIpc) is 2.25. The highest BCUT2D eigenvalue weighted by molar-refractivity contribution is 6.32. The predicted octanol–water partition coefficient (Wildman–Crippen LogP) is 1.93. The molecule has 1 aromatic rings. The van der Waals surface area contributed by atoms with Gasteiger partial charge < -0.3 is 4.74 Å². The molecule has 1 N–H and O–H groups in total. The van der Waals surface area contributed by atoms with Crippen molar-refractivity contribution in [1.82, 2.24) is 5.48 Å². The number of hydrogen-bond donors (Lipinski definition) is 1. The number of rotatable bonds is 5.